The van der Waals surface area contributed by atoms with E-state index in [1.54, 1.807) is 9.24 Å². The van der Waals surface area contributed by atoms with Crippen molar-refractivity contribution < 1.29 is 9.53 Å². The van der Waals surface area contributed by atoms with Crippen molar-refractivity contribution in [1.29, 1.82) is 5.41 Å². The van der Waals surface area contributed by atoms with Crippen LogP contribution < -0.4 is 17.3 Å². The van der Waals surface area contributed by atoms with E-state index in [1.807, 2.05) is 0 Å². The zero-order valence-corrected chi connectivity index (χ0v) is 7.68. The summed E-state index contributed by atoms with van der Waals surface area (Å²) in [5.74, 6) is 3.99. The molecule has 1 atom stereocenters. The van der Waals surface area contributed by atoms with Crippen molar-refractivity contribution in [3.05, 3.63) is 0 Å². The van der Waals surface area contributed by atoms with Crippen LogP contribution in [0.4, 0.5) is 4.79 Å². The Morgan fingerprint density at radius 2 is 2.00 bits per heavy atom. The van der Waals surface area contributed by atoms with Crippen LogP contribution in [-0.4, -0.2) is 23.4 Å². The molecule has 8 nitrogen and oxygen atoms in total. The minimum Gasteiger partial charge on any atom is -0.387 e. The lowest BCUT2D eigenvalue weighted by molar-refractivity contribution is 0.223. The maximum atomic E-state index is 10.4. The molecule has 0 heterocycles. The van der Waals surface area contributed by atoms with Crippen LogP contribution >= 0.6 is 9.24 Å². The monoisotopic (exact) mass is 204 g/mol. The van der Waals surface area contributed by atoms with Gasteiger partial charge in [0, 0.05) is 0 Å². The molecule has 0 aromatic carbocycles. The van der Waals surface area contributed by atoms with Gasteiger partial charge in [0.1, 0.15) is 0 Å². The quantitative estimate of drug-likeness (QED) is 0.124. The van der Waals surface area contributed by atoms with Gasteiger partial charge in [-0.2, -0.15) is 4.99 Å². The summed E-state index contributed by atoms with van der Waals surface area (Å²) >= 11 is 0. The van der Waals surface area contributed by atoms with Gasteiger partial charge >= 0.3 is 11.7 Å². The minimum absolute atomic E-state index is 0.338. The topological polar surface area (TPSA) is 153 Å². The molecule has 7 N–H and O–H groups in total. The summed E-state index contributed by atoms with van der Waals surface area (Å²) in [7, 11) is 1.72. The third-order valence-electron chi connectivity index (χ3n) is 0.794. The number of nitrogens with one attached hydrogen (secondary N) is 1. The van der Waals surface area contributed by atoms with Gasteiger partial charge in [0.15, 0.2) is 11.7 Å². The average molecular weight is 204 g/mol. The highest BCUT2D eigenvalue weighted by molar-refractivity contribution is 7.39. The summed E-state index contributed by atoms with van der Waals surface area (Å²) in [5, 5.41) is 9.82. The van der Waals surface area contributed by atoms with E-state index in [9.17, 15) is 4.79 Å². The number of nitrogens with two attached hydrogens (primary N) is 3. The first-order chi connectivity index (χ1) is 5.97. The summed E-state index contributed by atoms with van der Waals surface area (Å²) in [6.45, 7) is 0. The van der Waals surface area contributed by atoms with Gasteiger partial charge in [-0.3, -0.25) is 5.41 Å². The number of carbonyl (C=O) groups is 1. The summed E-state index contributed by atoms with van der Waals surface area (Å²) in [6, 6.07) is -0.465. The van der Waals surface area contributed by atoms with Gasteiger partial charge in [-0.25, -0.2) is 4.79 Å². The summed E-state index contributed by atoms with van der Waals surface area (Å²) in [5.41, 5.74) is 9.36. The summed E-state index contributed by atoms with van der Waals surface area (Å²) in [6.07, 6.45) is 0. The number of carbonyl (C=O) groups excluding carboxylic acids is 1. The van der Waals surface area contributed by atoms with E-state index in [0.717, 1.165) is 0 Å². The molecule has 0 aliphatic rings. The van der Waals surface area contributed by atoms with Gasteiger partial charge < -0.3 is 22.0 Å². The predicted octanol–water partition coefficient (Wildman–Crippen LogP) is -1.48. The van der Waals surface area contributed by atoms with Crippen molar-refractivity contribution in [2.45, 2.75) is 0 Å². The molecule has 0 saturated carbocycles. The molecule has 0 rings (SSSR count). The molecule has 0 spiro atoms. The van der Waals surface area contributed by atoms with Crippen LogP contribution in [0, 0.1) is 5.41 Å². The van der Waals surface area contributed by atoms with Crippen molar-refractivity contribution >= 4 is 32.6 Å². The molecule has 0 aliphatic heterocycles. The van der Waals surface area contributed by atoms with Crippen molar-refractivity contribution in [3.63, 3.8) is 0 Å². The summed E-state index contributed by atoms with van der Waals surface area (Å²) < 4.78 is 4.35. The van der Waals surface area contributed by atoms with Crippen molar-refractivity contribution in [2.75, 3.05) is 0 Å². The molecule has 1 unspecified atom stereocenters. The highest BCUT2D eigenvalue weighted by Crippen LogP contribution is 1.93. The number of rotatable bonds is 0. The third kappa shape index (κ3) is 4.70. The molecule has 0 fully saturated rings. The van der Waals surface area contributed by atoms with Crippen molar-refractivity contribution in [2.24, 2.45) is 27.4 Å². The first kappa shape index (κ1) is 11.3. The molecule has 0 amide bonds. The Hall–Kier alpha value is -1.69. The van der Waals surface area contributed by atoms with E-state index in [0.29, 0.717) is 0 Å². The largest absolute Gasteiger partial charge is 0.387 e. The Morgan fingerprint density at radius 1 is 1.46 bits per heavy atom. The number of hydrogen-bond acceptors (Lipinski definition) is 5. The lowest BCUT2D eigenvalue weighted by Crippen LogP contribution is -2.31. The van der Waals surface area contributed by atoms with E-state index >= 15 is 0 Å². The van der Waals surface area contributed by atoms with Crippen LogP contribution in [0.2, 0.25) is 0 Å². The number of ether oxygens (including phenoxy) is 1. The van der Waals surface area contributed by atoms with Gasteiger partial charge in [0.05, 0.1) is 0 Å². The van der Waals surface area contributed by atoms with Gasteiger partial charge in [-0.05, 0) is 9.24 Å². The molecular weight excluding hydrogens is 195 g/mol. The van der Waals surface area contributed by atoms with Gasteiger partial charge in [0.25, 0.3) is 0 Å². The lowest BCUT2D eigenvalue weighted by Gasteiger charge is -1.99. The molecule has 0 saturated heterocycles. The number of aliphatic imine (C=N–C) groups is 1. The average Bonchev–Trinajstić information content (AvgIpc) is 2.02. The van der Waals surface area contributed by atoms with E-state index in [4.69, 9.17) is 22.7 Å². The second kappa shape index (κ2) is 5.04. The number of hydrazone groups is 1. The highest BCUT2D eigenvalue weighted by Gasteiger charge is 2.04. The standard InChI is InChI=1S/C4H9N6O2P/c5-1(6)2(7)9-3(10-8)12-4(11)13/h8,13H2,(H3,5,6)(H2,7,9,10). The fourth-order valence-corrected chi connectivity index (χ4v) is 0.437. The molecule has 0 aromatic heterocycles. The van der Waals surface area contributed by atoms with E-state index in [-0.39, 0.29) is 5.84 Å². The zero-order chi connectivity index (χ0) is 10.4. The SMILES string of the molecule is N=C(N)C(N)=NC(=NN)OC(=O)P. The number of hydrogen-bond donors (Lipinski definition) is 4. The Bertz CT molecular complexity index is 284. The molecule has 0 bridgehead atoms. The molecule has 72 valence electrons. The predicted molar refractivity (Wildman–Crippen MR) is 51.3 cm³/mol. The van der Waals surface area contributed by atoms with E-state index < -0.39 is 17.6 Å². The third-order valence-corrected chi connectivity index (χ3v) is 0.912. The molecule has 0 radical (unpaired) electrons. The van der Waals surface area contributed by atoms with Gasteiger partial charge in [0.2, 0.25) is 0 Å². The Morgan fingerprint density at radius 3 is 2.31 bits per heavy atom. The second-order valence-electron chi connectivity index (χ2n) is 1.74. The molecule has 0 aliphatic carbocycles. The number of amidine groups is 3. The molecule has 9 heteroatoms. The first-order valence-electron chi connectivity index (χ1n) is 2.91. The van der Waals surface area contributed by atoms with Crippen LogP contribution in [0.15, 0.2) is 10.1 Å². The second-order valence-corrected chi connectivity index (χ2v) is 2.21. The van der Waals surface area contributed by atoms with E-state index in [2.05, 4.69) is 14.8 Å². The molecule has 13 heavy (non-hydrogen) atoms. The highest BCUT2D eigenvalue weighted by atomic mass is 31.0. The van der Waals surface area contributed by atoms with Crippen LogP contribution in [0.1, 0.15) is 0 Å². The zero-order valence-electron chi connectivity index (χ0n) is 6.52. The Kier molecular flexibility index (Phi) is 4.39. The summed E-state index contributed by atoms with van der Waals surface area (Å²) in [4.78, 5) is 13.7. The van der Waals surface area contributed by atoms with E-state index in [1.165, 1.54) is 0 Å². The molecule has 0 aromatic rings. The normalized spacial score (nSPS) is 12.4. The molecular formula is C4H9N6O2P. The van der Waals surface area contributed by atoms with Crippen LogP contribution in [0.5, 0.6) is 0 Å². The maximum absolute atomic E-state index is 10.4. The smallest absolute Gasteiger partial charge is 0.343 e. The van der Waals surface area contributed by atoms with Gasteiger partial charge in [-0.15, -0.1) is 5.10 Å². The van der Waals surface area contributed by atoms with Crippen molar-refractivity contribution in [1.82, 2.24) is 0 Å². The fourth-order valence-electron chi connectivity index (χ4n) is 0.331. The lowest BCUT2D eigenvalue weighted by atomic mass is 10.6. The Balaban J connectivity index is 4.55. The Labute approximate surface area is 75.9 Å². The van der Waals surface area contributed by atoms with Crippen molar-refractivity contribution in [3.8, 4) is 0 Å². The maximum Gasteiger partial charge on any atom is 0.343 e. The number of nitrogens with zero attached hydrogens (tertiary/aromatic N) is 2. The minimum atomic E-state index is -0.732. The van der Waals surface area contributed by atoms with Crippen LogP contribution in [-0.2, 0) is 4.74 Å². The first-order valence-corrected chi connectivity index (χ1v) is 3.48. The van der Waals surface area contributed by atoms with Crippen LogP contribution in [0.3, 0.4) is 0 Å². The fraction of sp³-hybridized carbons (Fsp3) is 0. The van der Waals surface area contributed by atoms with Gasteiger partial charge in [-0.1, -0.05) is 0 Å². The van der Waals surface area contributed by atoms with Crippen LogP contribution in [0.25, 0.3) is 0 Å².